The van der Waals surface area contributed by atoms with E-state index in [2.05, 4.69) is 4.98 Å². The van der Waals surface area contributed by atoms with E-state index in [4.69, 9.17) is 9.26 Å². The van der Waals surface area contributed by atoms with Crippen molar-refractivity contribution in [3.63, 3.8) is 0 Å². The van der Waals surface area contributed by atoms with E-state index in [0.29, 0.717) is 48.3 Å². The molecule has 1 aromatic heterocycles. The molecule has 12 nitrogen and oxygen atoms in total. The summed E-state index contributed by atoms with van der Waals surface area (Å²) in [5, 5.41) is 11.5. The summed E-state index contributed by atoms with van der Waals surface area (Å²) >= 11 is 0. The van der Waals surface area contributed by atoms with Crippen LogP contribution in [0.5, 0.6) is 5.75 Å². The van der Waals surface area contributed by atoms with Gasteiger partial charge in [0, 0.05) is 63.0 Å². The minimum Gasteiger partial charge on any atom is -0.505 e. The normalized spacial score (nSPS) is 17.4. The highest BCUT2D eigenvalue weighted by atomic mass is 31.2. The zero-order valence-corrected chi connectivity index (χ0v) is 25.3. The number of phenols is 1. The molecule has 2 atom stereocenters. The van der Waals surface area contributed by atoms with E-state index in [-0.39, 0.29) is 55.1 Å². The van der Waals surface area contributed by atoms with Crippen LogP contribution in [0.4, 0.5) is 4.39 Å². The largest absolute Gasteiger partial charge is 0.505 e. The van der Waals surface area contributed by atoms with Crippen molar-refractivity contribution in [2.24, 2.45) is 0 Å². The molecule has 1 fully saturated rings. The van der Waals surface area contributed by atoms with Crippen molar-refractivity contribution >= 4 is 36.3 Å². The lowest BCUT2D eigenvalue weighted by Gasteiger charge is -2.35. The number of rotatable bonds is 10. The standard InChI is InChI=1S/C30H34FN4O8P/c1-3-42-30(39)19(2)43-44(40,41)16-15-33-11-13-34(14-12-33)28(37)24-22-5-4-10-32-26(22)27(36)25-23(24)18-35(29(25)38)17-20-6-8-21(31)9-7-20/h4-10,19,36H,3,11-18H2,1-2H3,(H,40,41)/t19-/m0/s1. The van der Waals surface area contributed by atoms with E-state index >= 15 is 0 Å². The lowest BCUT2D eigenvalue weighted by atomic mass is 9.95. The van der Waals surface area contributed by atoms with Gasteiger partial charge in [0.15, 0.2) is 11.9 Å². The molecule has 234 valence electrons. The van der Waals surface area contributed by atoms with E-state index < -0.39 is 31.4 Å². The molecular weight excluding hydrogens is 594 g/mol. The van der Waals surface area contributed by atoms with E-state index in [1.165, 1.54) is 30.2 Å². The second-order valence-electron chi connectivity index (χ2n) is 10.8. The van der Waals surface area contributed by atoms with Gasteiger partial charge < -0.3 is 24.5 Å². The van der Waals surface area contributed by atoms with Gasteiger partial charge in [-0.25, -0.2) is 9.18 Å². The molecule has 0 bridgehead atoms. The maximum atomic E-state index is 14.0. The minimum absolute atomic E-state index is 0.0380. The van der Waals surface area contributed by atoms with Gasteiger partial charge in [-0.1, -0.05) is 18.2 Å². The minimum atomic E-state index is -4.07. The van der Waals surface area contributed by atoms with Crippen molar-refractivity contribution in [1.82, 2.24) is 19.7 Å². The van der Waals surface area contributed by atoms with Crippen molar-refractivity contribution < 1.29 is 42.6 Å². The zero-order chi connectivity index (χ0) is 31.6. The van der Waals surface area contributed by atoms with Gasteiger partial charge in [0.1, 0.15) is 11.3 Å². The number of fused-ring (bicyclic) bond motifs is 2. The Bertz CT molecular complexity index is 1630. The number of esters is 1. The number of hydrogen-bond acceptors (Lipinski definition) is 9. The van der Waals surface area contributed by atoms with Crippen LogP contribution in [0.3, 0.4) is 0 Å². The average molecular weight is 629 g/mol. The summed E-state index contributed by atoms with van der Waals surface area (Å²) < 4.78 is 35.9. The highest BCUT2D eigenvalue weighted by Gasteiger charge is 2.38. The van der Waals surface area contributed by atoms with E-state index in [0.717, 1.165) is 0 Å². The number of carbonyl (C=O) groups excluding carboxylic acids is 3. The van der Waals surface area contributed by atoms with Gasteiger partial charge in [-0.15, -0.1) is 0 Å². The highest BCUT2D eigenvalue weighted by molar-refractivity contribution is 7.52. The first kappa shape index (κ1) is 31.5. The molecule has 0 spiro atoms. The van der Waals surface area contributed by atoms with Crippen LogP contribution >= 0.6 is 7.60 Å². The van der Waals surface area contributed by atoms with Crippen LogP contribution in [0, 0.1) is 5.82 Å². The number of amides is 2. The number of benzene rings is 2. The number of hydrogen-bond donors (Lipinski definition) is 2. The molecule has 1 saturated heterocycles. The first-order valence-corrected chi connectivity index (χ1v) is 16.1. The first-order chi connectivity index (χ1) is 21.0. The molecule has 14 heteroatoms. The van der Waals surface area contributed by atoms with Gasteiger partial charge in [-0.2, -0.15) is 0 Å². The quantitative estimate of drug-likeness (QED) is 0.253. The Balaban J connectivity index is 1.30. The Morgan fingerprint density at radius 2 is 1.84 bits per heavy atom. The molecule has 2 N–H and O–H groups in total. The average Bonchev–Trinajstić information content (AvgIpc) is 3.32. The number of pyridine rings is 1. The molecule has 44 heavy (non-hydrogen) atoms. The Morgan fingerprint density at radius 3 is 2.52 bits per heavy atom. The smallest absolute Gasteiger partial charge is 0.335 e. The van der Waals surface area contributed by atoms with Gasteiger partial charge in [0.2, 0.25) is 0 Å². The third-order valence-corrected chi connectivity index (χ3v) is 9.20. The Kier molecular flexibility index (Phi) is 9.31. The summed E-state index contributed by atoms with van der Waals surface area (Å²) in [7, 11) is -4.07. The van der Waals surface area contributed by atoms with Crippen LogP contribution in [0.25, 0.3) is 10.9 Å². The highest BCUT2D eigenvalue weighted by Crippen LogP contribution is 2.43. The summed E-state index contributed by atoms with van der Waals surface area (Å²) in [6.07, 6.45) is 0.113. The van der Waals surface area contributed by atoms with Crippen molar-refractivity contribution in [2.45, 2.75) is 33.0 Å². The molecule has 2 amide bonds. The SMILES string of the molecule is CCOC(=O)[C@H](C)OP(=O)(O)CCN1CCN(C(=O)c2c3c(c(O)c4ncccc24)C(=O)N(Cc2ccc(F)cc2)C3)CC1. The monoisotopic (exact) mass is 628 g/mol. The summed E-state index contributed by atoms with van der Waals surface area (Å²) in [4.78, 5) is 58.9. The summed E-state index contributed by atoms with van der Waals surface area (Å²) in [5.41, 5.74) is 1.60. The predicted octanol–water partition coefficient (Wildman–Crippen LogP) is 3.15. The lowest BCUT2D eigenvalue weighted by Crippen LogP contribution is -2.49. The van der Waals surface area contributed by atoms with E-state index in [9.17, 15) is 33.3 Å². The predicted molar refractivity (Wildman–Crippen MR) is 158 cm³/mol. The molecule has 5 rings (SSSR count). The van der Waals surface area contributed by atoms with E-state index in [1.807, 2.05) is 4.90 Å². The molecule has 2 aromatic carbocycles. The van der Waals surface area contributed by atoms with Crippen LogP contribution in [0.15, 0.2) is 42.6 Å². The van der Waals surface area contributed by atoms with Crippen LogP contribution in [0.1, 0.15) is 45.7 Å². The summed E-state index contributed by atoms with van der Waals surface area (Å²) in [6, 6.07) is 9.13. The van der Waals surface area contributed by atoms with Gasteiger partial charge in [0.05, 0.1) is 23.9 Å². The molecule has 2 aliphatic heterocycles. The van der Waals surface area contributed by atoms with Crippen molar-refractivity contribution in [3.05, 3.63) is 70.7 Å². The molecular formula is C30H34FN4O8P. The molecule has 3 heterocycles. The van der Waals surface area contributed by atoms with Crippen molar-refractivity contribution in [2.75, 3.05) is 45.5 Å². The topological polar surface area (TPSA) is 150 Å². The molecule has 0 saturated carbocycles. The van der Waals surface area contributed by atoms with Gasteiger partial charge in [-0.3, -0.25) is 28.6 Å². The molecule has 0 aliphatic carbocycles. The number of carbonyl (C=O) groups is 3. The van der Waals surface area contributed by atoms with Crippen LogP contribution in [-0.2, 0) is 31.7 Å². The Hall–Kier alpha value is -3.90. The number of halogens is 1. The van der Waals surface area contributed by atoms with Crippen LogP contribution in [0.2, 0.25) is 0 Å². The number of nitrogens with zero attached hydrogens (tertiary/aromatic N) is 4. The fourth-order valence-electron chi connectivity index (χ4n) is 5.54. The lowest BCUT2D eigenvalue weighted by molar-refractivity contribution is -0.150. The second kappa shape index (κ2) is 13.0. The number of aromatic nitrogens is 1. The number of aromatic hydroxyl groups is 1. The third-order valence-electron chi connectivity index (χ3n) is 7.79. The maximum absolute atomic E-state index is 14.0. The van der Waals surface area contributed by atoms with Crippen molar-refractivity contribution in [3.8, 4) is 5.75 Å². The van der Waals surface area contributed by atoms with E-state index in [1.54, 1.807) is 36.1 Å². The fraction of sp³-hybridized carbons (Fsp3) is 0.400. The van der Waals surface area contributed by atoms with Gasteiger partial charge in [-0.05, 0) is 37.6 Å². The zero-order valence-electron chi connectivity index (χ0n) is 24.4. The van der Waals surface area contributed by atoms with Crippen LogP contribution < -0.4 is 0 Å². The number of ether oxygens (including phenoxy) is 1. The Morgan fingerprint density at radius 1 is 1.14 bits per heavy atom. The summed E-state index contributed by atoms with van der Waals surface area (Å²) in [5.74, 6) is -2.14. The van der Waals surface area contributed by atoms with Gasteiger partial charge >= 0.3 is 13.6 Å². The number of piperazine rings is 1. The third kappa shape index (κ3) is 6.61. The summed E-state index contributed by atoms with van der Waals surface area (Å²) in [6.45, 7) is 5.08. The molecule has 0 radical (unpaired) electrons. The molecule has 3 aromatic rings. The second-order valence-corrected chi connectivity index (χ2v) is 12.7. The molecule has 2 aliphatic rings. The molecule has 1 unspecified atom stereocenters. The first-order valence-electron chi connectivity index (χ1n) is 14.3. The van der Waals surface area contributed by atoms with Gasteiger partial charge in [0.25, 0.3) is 11.8 Å². The van der Waals surface area contributed by atoms with Crippen LogP contribution in [-0.4, -0.2) is 99.1 Å². The Labute approximate surface area is 253 Å². The fourth-order valence-corrected chi connectivity index (χ4v) is 6.76. The maximum Gasteiger partial charge on any atom is 0.335 e. The number of phenolic OH excluding ortho intramolecular Hbond substituents is 1. The van der Waals surface area contributed by atoms with Crippen molar-refractivity contribution in [1.29, 1.82) is 0 Å².